The van der Waals surface area contributed by atoms with E-state index in [0.29, 0.717) is 0 Å². The first-order valence-electron chi connectivity index (χ1n) is 8.92. The molecule has 5 heteroatoms. The fourth-order valence-electron chi connectivity index (χ4n) is 3.54. The number of benzene rings is 2. The molecule has 0 radical (unpaired) electrons. The van der Waals surface area contributed by atoms with Crippen molar-refractivity contribution in [2.45, 2.75) is 25.3 Å². The molecule has 1 amide bonds. The molecule has 2 N–H and O–H groups in total. The van der Waals surface area contributed by atoms with Crippen LogP contribution in [0.1, 0.15) is 36.9 Å². The Morgan fingerprint density at radius 2 is 2.04 bits per heavy atom. The Bertz CT molecular complexity index is 1040. The number of carbonyl (C=O) groups excluding carboxylic acids is 1. The number of carbonyl (C=O) groups is 1. The third-order valence-corrected chi connectivity index (χ3v) is 5.12. The van der Waals surface area contributed by atoms with Gasteiger partial charge < -0.3 is 14.7 Å². The maximum atomic E-state index is 12.6. The van der Waals surface area contributed by atoms with Gasteiger partial charge in [0.25, 0.3) is 0 Å². The highest BCUT2D eigenvalue weighted by molar-refractivity contribution is 5.84. The number of aromatic nitrogens is 2. The molecule has 130 valence electrons. The zero-order valence-electron chi connectivity index (χ0n) is 14.4. The maximum absolute atomic E-state index is 12.6. The SMILES string of the molecule is C[C@@H](NC(=O)[C@H]1C[C@@H]1c1nc2ccccc2[nH]1)c1cc2ccccc2o1. The van der Waals surface area contributed by atoms with Crippen molar-refractivity contribution in [3.63, 3.8) is 0 Å². The number of H-pyrrole nitrogens is 1. The average molecular weight is 345 g/mol. The number of rotatable bonds is 4. The Labute approximate surface area is 150 Å². The molecule has 0 unspecified atom stereocenters. The van der Waals surface area contributed by atoms with Gasteiger partial charge in [-0.2, -0.15) is 0 Å². The van der Waals surface area contributed by atoms with Crippen LogP contribution in [0.3, 0.4) is 0 Å². The Hall–Kier alpha value is -3.08. The average Bonchev–Trinajstić information content (AvgIpc) is 3.14. The number of fused-ring (bicyclic) bond motifs is 2. The molecule has 2 heterocycles. The summed E-state index contributed by atoms with van der Waals surface area (Å²) >= 11 is 0. The lowest BCUT2D eigenvalue weighted by atomic mass is 10.2. The summed E-state index contributed by atoms with van der Waals surface area (Å²) in [5, 5.41) is 4.13. The number of hydrogen-bond acceptors (Lipinski definition) is 3. The van der Waals surface area contributed by atoms with E-state index in [1.807, 2.05) is 61.5 Å². The summed E-state index contributed by atoms with van der Waals surface area (Å²) in [6, 6.07) is 17.6. The number of hydrogen-bond donors (Lipinski definition) is 2. The normalized spacial score (nSPS) is 20.3. The molecule has 2 aromatic heterocycles. The van der Waals surface area contributed by atoms with Gasteiger partial charge in [0.2, 0.25) is 5.91 Å². The molecule has 5 rings (SSSR count). The van der Waals surface area contributed by atoms with E-state index in [4.69, 9.17) is 4.42 Å². The first-order chi connectivity index (χ1) is 12.7. The molecule has 26 heavy (non-hydrogen) atoms. The number of para-hydroxylation sites is 3. The highest BCUT2D eigenvalue weighted by atomic mass is 16.3. The third kappa shape index (κ3) is 2.56. The first kappa shape index (κ1) is 15.2. The molecule has 0 aliphatic heterocycles. The highest BCUT2D eigenvalue weighted by Crippen LogP contribution is 2.47. The van der Waals surface area contributed by atoms with E-state index in [1.54, 1.807) is 0 Å². The minimum atomic E-state index is -0.160. The Balaban J connectivity index is 1.28. The topological polar surface area (TPSA) is 70.9 Å². The summed E-state index contributed by atoms with van der Waals surface area (Å²) in [7, 11) is 0. The van der Waals surface area contributed by atoms with Gasteiger partial charge in [-0.3, -0.25) is 4.79 Å². The molecule has 1 aliphatic carbocycles. The van der Waals surface area contributed by atoms with E-state index in [2.05, 4.69) is 15.3 Å². The Morgan fingerprint density at radius 3 is 2.88 bits per heavy atom. The van der Waals surface area contributed by atoms with Crippen LogP contribution in [0.5, 0.6) is 0 Å². The zero-order valence-corrected chi connectivity index (χ0v) is 14.4. The van der Waals surface area contributed by atoms with E-state index in [-0.39, 0.29) is 23.8 Å². The number of amides is 1. The molecule has 0 saturated heterocycles. The largest absolute Gasteiger partial charge is 0.459 e. The maximum Gasteiger partial charge on any atom is 0.224 e. The zero-order chi connectivity index (χ0) is 17.7. The quantitative estimate of drug-likeness (QED) is 0.579. The molecule has 1 fully saturated rings. The second-order valence-corrected chi connectivity index (χ2v) is 7.00. The lowest BCUT2D eigenvalue weighted by Gasteiger charge is -2.11. The lowest BCUT2D eigenvalue weighted by Crippen LogP contribution is -2.28. The molecule has 5 nitrogen and oxygen atoms in total. The summed E-state index contributed by atoms with van der Waals surface area (Å²) in [5.74, 6) is 1.89. The van der Waals surface area contributed by atoms with Crippen LogP contribution in [-0.4, -0.2) is 15.9 Å². The van der Waals surface area contributed by atoms with Crippen molar-refractivity contribution in [2.75, 3.05) is 0 Å². The van der Waals surface area contributed by atoms with Crippen molar-refractivity contribution < 1.29 is 9.21 Å². The van der Waals surface area contributed by atoms with Gasteiger partial charge in [-0.05, 0) is 37.6 Å². The lowest BCUT2D eigenvalue weighted by molar-refractivity contribution is -0.123. The van der Waals surface area contributed by atoms with Crippen molar-refractivity contribution in [3.8, 4) is 0 Å². The second-order valence-electron chi connectivity index (χ2n) is 7.00. The van der Waals surface area contributed by atoms with Gasteiger partial charge in [0.1, 0.15) is 17.2 Å². The van der Waals surface area contributed by atoms with Gasteiger partial charge >= 0.3 is 0 Å². The van der Waals surface area contributed by atoms with E-state index in [1.165, 1.54) is 0 Å². The van der Waals surface area contributed by atoms with Crippen LogP contribution in [-0.2, 0) is 4.79 Å². The van der Waals surface area contributed by atoms with Gasteiger partial charge in [0, 0.05) is 17.2 Å². The molecular weight excluding hydrogens is 326 g/mol. The second kappa shape index (κ2) is 5.73. The summed E-state index contributed by atoms with van der Waals surface area (Å²) in [6.07, 6.45) is 0.832. The van der Waals surface area contributed by atoms with Crippen LogP contribution in [0.15, 0.2) is 59.0 Å². The summed E-state index contributed by atoms with van der Waals surface area (Å²) < 4.78 is 5.85. The molecular formula is C21H19N3O2. The molecule has 1 aliphatic rings. The van der Waals surface area contributed by atoms with Gasteiger partial charge in [-0.1, -0.05) is 30.3 Å². The fraction of sp³-hybridized carbons (Fsp3) is 0.238. The van der Waals surface area contributed by atoms with Crippen LogP contribution in [0.2, 0.25) is 0 Å². The van der Waals surface area contributed by atoms with Crippen molar-refractivity contribution in [1.29, 1.82) is 0 Å². The molecule has 3 atom stereocenters. The van der Waals surface area contributed by atoms with Crippen LogP contribution in [0.4, 0.5) is 0 Å². The highest BCUT2D eigenvalue weighted by Gasteiger charge is 2.46. The van der Waals surface area contributed by atoms with Crippen LogP contribution >= 0.6 is 0 Å². The number of nitrogens with zero attached hydrogens (tertiary/aromatic N) is 1. The predicted octanol–water partition coefficient (Wildman–Crippen LogP) is 4.29. The molecule has 4 aromatic rings. The minimum absolute atomic E-state index is 0.0256. The van der Waals surface area contributed by atoms with Gasteiger partial charge in [0.05, 0.1) is 17.1 Å². The number of furan rings is 1. The van der Waals surface area contributed by atoms with Crippen molar-refractivity contribution in [2.24, 2.45) is 5.92 Å². The molecule has 0 bridgehead atoms. The van der Waals surface area contributed by atoms with Crippen molar-refractivity contribution in [1.82, 2.24) is 15.3 Å². The van der Waals surface area contributed by atoms with Crippen molar-refractivity contribution in [3.05, 3.63) is 66.2 Å². The van der Waals surface area contributed by atoms with E-state index < -0.39 is 0 Å². The van der Waals surface area contributed by atoms with Gasteiger partial charge in [-0.15, -0.1) is 0 Å². The third-order valence-electron chi connectivity index (χ3n) is 5.12. The van der Waals surface area contributed by atoms with Crippen LogP contribution < -0.4 is 5.32 Å². The van der Waals surface area contributed by atoms with Gasteiger partial charge in [0.15, 0.2) is 0 Å². The summed E-state index contributed by atoms with van der Waals surface area (Å²) in [5.41, 5.74) is 2.81. The van der Waals surface area contributed by atoms with Crippen molar-refractivity contribution >= 4 is 27.9 Å². The first-order valence-corrected chi connectivity index (χ1v) is 8.92. The smallest absolute Gasteiger partial charge is 0.224 e. The van der Waals surface area contributed by atoms with E-state index in [0.717, 1.165) is 40.0 Å². The standard InChI is InChI=1S/C21H19N3O2/c1-12(19-10-13-6-2-5-9-18(13)26-19)22-21(25)15-11-14(15)20-23-16-7-3-4-8-17(16)24-20/h2-10,12,14-15H,11H2,1H3,(H,22,25)(H,23,24)/t12-,14+,15+/m1/s1. The monoisotopic (exact) mass is 345 g/mol. The van der Waals surface area contributed by atoms with E-state index >= 15 is 0 Å². The Kier molecular flexibility index (Phi) is 3.35. The molecule has 2 aromatic carbocycles. The molecule has 0 spiro atoms. The number of imidazole rings is 1. The van der Waals surface area contributed by atoms with Crippen LogP contribution in [0, 0.1) is 5.92 Å². The van der Waals surface area contributed by atoms with Gasteiger partial charge in [-0.25, -0.2) is 4.98 Å². The fourth-order valence-corrected chi connectivity index (χ4v) is 3.54. The molecule has 1 saturated carbocycles. The number of nitrogens with one attached hydrogen (secondary N) is 2. The van der Waals surface area contributed by atoms with Crippen LogP contribution in [0.25, 0.3) is 22.0 Å². The minimum Gasteiger partial charge on any atom is -0.459 e. The predicted molar refractivity (Wildman–Crippen MR) is 99.7 cm³/mol. The number of aromatic amines is 1. The summed E-state index contributed by atoms with van der Waals surface area (Å²) in [4.78, 5) is 20.6. The Morgan fingerprint density at radius 1 is 1.23 bits per heavy atom. The summed E-state index contributed by atoms with van der Waals surface area (Å²) in [6.45, 7) is 1.95. The van der Waals surface area contributed by atoms with E-state index in [9.17, 15) is 4.79 Å².